The van der Waals surface area contributed by atoms with Crippen LogP contribution in [-0.2, 0) is 12.8 Å². The highest BCUT2D eigenvalue weighted by molar-refractivity contribution is 5.79. The molecule has 0 atom stereocenters. The van der Waals surface area contributed by atoms with Gasteiger partial charge in [0, 0.05) is 31.5 Å². The fraction of sp³-hybridized carbons (Fsp3) is 0.368. The molecule has 128 valence electrons. The van der Waals surface area contributed by atoms with E-state index in [9.17, 15) is 4.39 Å². The normalized spacial score (nSPS) is 11.4. The number of aliphatic imine (C=N–C) groups is 1. The fourth-order valence-electron chi connectivity index (χ4n) is 2.30. The minimum atomic E-state index is -0.201. The van der Waals surface area contributed by atoms with Crippen LogP contribution in [0.25, 0.3) is 0 Å². The Hall–Kier alpha value is -2.43. The molecule has 24 heavy (non-hydrogen) atoms. The lowest BCUT2D eigenvalue weighted by atomic mass is 10.1. The zero-order chi connectivity index (χ0) is 17.2. The van der Waals surface area contributed by atoms with E-state index in [0.717, 1.165) is 43.1 Å². The lowest BCUT2D eigenvalue weighted by molar-refractivity contribution is 0.625. The average molecular weight is 328 g/mol. The molecule has 1 aromatic carbocycles. The Labute approximate surface area is 143 Å². The average Bonchev–Trinajstić information content (AvgIpc) is 2.57. The topological polar surface area (TPSA) is 49.3 Å². The quantitative estimate of drug-likeness (QED) is 0.607. The summed E-state index contributed by atoms with van der Waals surface area (Å²) < 4.78 is 13.2. The van der Waals surface area contributed by atoms with E-state index < -0.39 is 0 Å². The van der Waals surface area contributed by atoms with Gasteiger partial charge >= 0.3 is 0 Å². The summed E-state index contributed by atoms with van der Waals surface area (Å²) in [6.45, 7) is 6.23. The standard InChI is InChI=1S/C19H25FN4/c1-3-21-19(22-11-9-16-5-4-6-18(20)13-16)23-12-10-17-8-7-15(2)24-14-17/h4-8,13-14H,3,9-12H2,1-2H3,(H2,21,22,23). The van der Waals surface area contributed by atoms with E-state index in [4.69, 9.17) is 0 Å². The SMILES string of the molecule is CCNC(=NCCc1cccc(F)c1)NCCc1ccc(C)nc1. The highest BCUT2D eigenvalue weighted by atomic mass is 19.1. The Bertz CT molecular complexity index is 653. The van der Waals surface area contributed by atoms with Gasteiger partial charge in [0.05, 0.1) is 0 Å². The van der Waals surface area contributed by atoms with E-state index in [1.165, 1.54) is 11.6 Å². The second kappa shape index (κ2) is 9.65. The van der Waals surface area contributed by atoms with Crippen molar-refractivity contribution in [2.24, 2.45) is 4.99 Å². The Morgan fingerprint density at radius 3 is 2.71 bits per heavy atom. The second-order valence-electron chi connectivity index (χ2n) is 5.63. The number of hydrogen-bond acceptors (Lipinski definition) is 2. The molecule has 0 aliphatic rings. The van der Waals surface area contributed by atoms with Gasteiger partial charge in [-0.1, -0.05) is 18.2 Å². The molecule has 2 aromatic rings. The molecule has 0 saturated heterocycles. The van der Waals surface area contributed by atoms with Gasteiger partial charge in [-0.25, -0.2) is 4.39 Å². The molecule has 5 heteroatoms. The summed E-state index contributed by atoms with van der Waals surface area (Å²) in [5, 5.41) is 6.54. The number of pyridine rings is 1. The van der Waals surface area contributed by atoms with Gasteiger partial charge in [-0.15, -0.1) is 0 Å². The Balaban J connectivity index is 1.80. The highest BCUT2D eigenvalue weighted by Crippen LogP contribution is 2.04. The molecule has 0 radical (unpaired) electrons. The molecule has 1 heterocycles. The predicted molar refractivity (Wildman–Crippen MR) is 96.8 cm³/mol. The number of benzene rings is 1. The van der Waals surface area contributed by atoms with Crippen LogP contribution < -0.4 is 10.6 Å². The van der Waals surface area contributed by atoms with Crippen LogP contribution in [0.15, 0.2) is 47.6 Å². The van der Waals surface area contributed by atoms with Crippen molar-refractivity contribution in [3.8, 4) is 0 Å². The lowest BCUT2D eigenvalue weighted by Crippen LogP contribution is -2.38. The Morgan fingerprint density at radius 1 is 1.12 bits per heavy atom. The zero-order valence-electron chi connectivity index (χ0n) is 14.3. The van der Waals surface area contributed by atoms with Gasteiger partial charge in [0.25, 0.3) is 0 Å². The molecule has 0 aliphatic heterocycles. The minimum absolute atomic E-state index is 0.201. The summed E-state index contributed by atoms with van der Waals surface area (Å²) in [4.78, 5) is 8.84. The first-order chi connectivity index (χ1) is 11.7. The fourth-order valence-corrected chi connectivity index (χ4v) is 2.30. The van der Waals surface area contributed by atoms with Crippen LogP contribution in [0, 0.1) is 12.7 Å². The maximum Gasteiger partial charge on any atom is 0.191 e. The number of aromatic nitrogens is 1. The third kappa shape index (κ3) is 6.36. The van der Waals surface area contributed by atoms with E-state index >= 15 is 0 Å². The number of nitrogens with zero attached hydrogens (tertiary/aromatic N) is 2. The van der Waals surface area contributed by atoms with Crippen LogP contribution in [0.2, 0.25) is 0 Å². The monoisotopic (exact) mass is 328 g/mol. The summed E-state index contributed by atoms with van der Waals surface area (Å²) in [7, 11) is 0. The predicted octanol–water partition coefficient (Wildman–Crippen LogP) is 2.87. The van der Waals surface area contributed by atoms with Crippen LogP contribution in [0.1, 0.15) is 23.7 Å². The minimum Gasteiger partial charge on any atom is -0.357 e. The van der Waals surface area contributed by atoms with Crippen molar-refractivity contribution >= 4 is 5.96 Å². The molecule has 2 rings (SSSR count). The maximum absolute atomic E-state index is 13.2. The molecule has 2 N–H and O–H groups in total. The number of guanidine groups is 1. The maximum atomic E-state index is 13.2. The second-order valence-corrected chi connectivity index (χ2v) is 5.63. The molecule has 0 spiro atoms. The zero-order valence-corrected chi connectivity index (χ0v) is 14.3. The van der Waals surface area contributed by atoms with Gasteiger partial charge in [-0.3, -0.25) is 9.98 Å². The van der Waals surface area contributed by atoms with Gasteiger partial charge in [0.2, 0.25) is 0 Å². The highest BCUT2D eigenvalue weighted by Gasteiger charge is 1.99. The van der Waals surface area contributed by atoms with Crippen molar-refractivity contribution in [1.82, 2.24) is 15.6 Å². The number of aryl methyl sites for hydroxylation is 1. The van der Waals surface area contributed by atoms with Crippen molar-refractivity contribution in [1.29, 1.82) is 0 Å². The third-order valence-electron chi connectivity index (χ3n) is 3.58. The first-order valence-electron chi connectivity index (χ1n) is 8.35. The first-order valence-corrected chi connectivity index (χ1v) is 8.35. The number of nitrogens with one attached hydrogen (secondary N) is 2. The molecule has 0 aliphatic carbocycles. The molecule has 0 amide bonds. The molecular weight excluding hydrogens is 303 g/mol. The molecule has 0 unspecified atom stereocenters. The molecule has 0 bridgehead atoms. The summed E-state index contributed by atoms with van der Waals surface area (Å²) in [5.41, 5.74) is 3.18. The molecule has 0 saturated carbocycles. The van der Waals surface area contributed by atoms with E-state index in [1.807, 2.05) is 32.2 Å². The van der Waals surface area contributed by atoms with Gasteiger partial charge in [0.1, 0.15) is 5.82 Å². The molecular formula is C19H25FN4. The van der Waals surface area contributed by atoms with Gasteiger partial charge in [-0.2, -0.15) is 0 Å². The van der Waals surface area contributed by atoms with E-state index in [2.05, 4.69) is 26.7 Å². The van der Waals surface area contributed by atoms with Gasteiger partial charge in [0.15, 0.2) is 5.96 Å². The molecule has 0 fully saturated rings. The van der Waals surface area contributed by atoms with Crippen LogP contribution in [0.4, 0.5) is 4.39 Å². The van der Waals surface area contributed by atoms with Gasteiger partial charge in [-0.05, 0) is 56.0 Å². The Morgan fingerprint density at radius 2 is 2.00 bits per heavy atom. The smallest absolute Gasteiger partial charge is 0.191 e. The number of hydrogen-bond donors (Lipinski definition) is 2. The summed E-state index contributed by atoms with van der Waals surface area (Å²) >= 11 is 0. The van der Waals surface area contributed by atoms with Crippen molar-refractivity contribution in [3.05, 3.63) is 65.2 Å². The van der Waals surface area contributed by atoms with Crippen molar-refractivity contribution in [2.75, 3.05) is 19.6 Å². The van der Waals surface area contributed by atoms with Crippen LogP contribution in [0.5, 0.6) is 0 Å². The molecule has 4 nitrogen and oxygen atoms in total. The largest absolute Gasteiger partial charge is 0.357 e. The summed E-state index contributed by atoms with van der Waals surface area (Å²) in [6, 6.07) is 10.8. The van der Waals surface area contributed by atoms with Crippen molar-refractivity contribution in [2.45, 2.75) is 26.7 Å². The summed E-state index contributed by atoms with van der Waals surface area (Å²) in [6.07, 6.45) is 3.52. The van der Waals surface area contributed by atoms with E-state index in [1.54, 1.807) is 12.1 Å². The number of rotatable bonds is 7. The van der Waals surface area contributed by atoms with Gasteiger partial charge < -0.3 is 10.6 Å². The third-order valence-corrected chi connectivity index (χ3v) is 3.58. The van der Waals surface area contributed by atoms with Crippen molar-refractivity contribution < 1.29 is 4.39 Å². The molecule has 1 aromatic heterocycles. The van der Waals surface area contributed by atoms with Crippen LogP contribution in [-0.4, -0.2) is 30.6 Å². The number of halogens is 1. The van der Waals surface area contributed by atoms with E-state index in [0.29, 0.717) is 6.54 Å². The van der Waals surface area contributed by atoms with Crippen LogP contribution >= 0.6 is 0 Å². The van der Waals surface area contributed by atoms with E-state index in [-0.39, 0.29) is 5.82 Å². The summed E-state index contributed by atoms with van der Waals surface area (Å²) in [5.74, 6) is 0.585. The lowest BCUT2D eigenvalue weighted by Gasteiger charge is -2.11. The van der Waals surface area contributed by atoms with Crippen LogP contribution in [0.3, 0.4) is 0 Å². The first kappa shape index (κ1) is 17.9. The Kier molecular flexibility index (Phi) is 7.21. The van der Waals surface area contributed by atoms with Crippen molar-refractivity contribution in [3.63, 3.8) is 0 Å².